The molecule has 0 N–H and O–H groups in total. The van der Waals surface area contributed by atoms with Crippen LogP contribution in [0.3, 0.4) is 0 Å². The number of amides is 1. The van der Waals surface area contributed by atoms with Crippen LogP contribution >= 0.6 is 0 Å². The van der Waals surface area contributed by atoms with Crippen molar-refractivity contribution >= 4 is 17.5 Å². The fraction of sp³-hybridized carbons (Fsp3) is 0.618. The van der Waals surface area contributed by atoms with Crippen LogP contribution in [0.4, 0.5) is 4.39 Å². The Morgan fingerprint density at radius 2 is 1.69 bits per heavy atom. The normalized spacial score (nSPS) is 23.3. The molecular weight excluding hydrogens is 489 g/mol. The maximum atomic E-state index is 14.4. The summed E-state index contributed by atoms with van der Waals surface area (Å²) < 4.78 is 14.4. The van der Waals surface area contributed by atoms with Crippen molar-refractivity contribution in [2.45, 2.75) is 124 Å². The molecule has 0 heterocycles. The third-order valence-electron chi connectivity index (χ3n) is 8.61. The van der Waals surface area contributed by atoms with Gasteiger partial charge in [0.05, 0.1) is 0 Å². The largest absolute Gasteiger partial charge is 0.303 e. The Labute approximate surface area is 236 Å². The summed E-state index contributed by atoms with van der Waals surface area (Å²) >= 11 is 0. The minimum absolute atomic E-state index is 0. The second-order valence-electron chi connectivity index (χ2n) is 12.4. The van der Waals surface area contributed by atoms with E-state index in [2.05, 4.69) is 40.7 Å². The maximum absolute atomic E-state index is 14.4. The zero-order chi connectivity index (χ0) is 28.8. The molecule has 0 aromatic heterocycles. The number of hydrogen-bond donors (Lipinski definition) is 0. The van der Waals surface area contributed by atoms with Gasteiger partial charge in [-0.05, 0) is 53.9 Å². The van der Waals surface area contributed by atoms with Gasteiger partial charge in [0, 0.05) is 45.6 Å². The quantitative estimate of drug-likeness (QED) is 0.315. The lowest BCUT2D eigenvalue weighted by Gasteiger charge is -2.46. The zero-order valence-electron chi connectivity index (χ0n) is 24.9. The summed E-state index contributed by atoms with van der Waals surface area (Å²) in [7, 11) is 0. The molecule has 0 aliphatic heterocycles. The Morgan fingerprint density at radius 3 is 2.31 bits per heavy atom. The molecule has 2 saturated carbocycles. The molecule has 0 saturated heterocycles. The topological polar surface area (TPSA) is 54.5 Å². The zero-order valence-corrected chi connectivity index (χ0v) is 24.9. The molecule has 3 aliphatic carbocycles. The third kappa shape index (κ3) is 7.15. The maximum Gasteiger partial charge on any atom is 0.224 e. The lowest BCUT2D eigenvalue weighted by atomic mass is 9.74. The van der Waals surface area contributed by atoms with E-state index in [1.165, 1.54) is 19.4 Å². The number of benzene rings is 1. The van der Waals surface area contributed by atoms with Gasteiger partial charge in [-0.1, -0.05) is 84.6 Å². The molecule has 0 radical (unpaired) electrons. The van der Waals surface area contributed by atoms with Crippen LogP contribution in [-0.2, 0) is 20.8 Å². The predicted octanol–water partition coefficient (Wildman–Crippen LogP) is 8.65. The molecule has 4 rings (SSSR count). The average molecular weight is 540 g/mol. The van der Waals surface area contributed by atoms with Crippen LogP contribution in [0.2, 0.25) is 0 Å². The molecule has 5 heteroatoms. The van der Waals surface area contributed by atoms with Crippen molar-refractivity contribution in [3.05, 3.63) is 59.1 Å². The average Bonchev–Trinajstić information content (AvgIpc) is 3.57. The molecule has 1 amide bonds. The molecule has 1 aromatic carbocycles. The van der Waals surface area contributed by atoms with Gasteiger partial charge in [-0.3, -0.25) is 14.4 Å². The highest BCUT2D eigenvalue weighted by atomic mass is 19.1. The molecule has 3 aliphatic rings. The van der Waals surface area contributed by atoms with Gasteiger partial charge in [0.25, 0.3) is 0 Å². The molecule has 2 unspecified atom stereocenters. The highest BCUT2D eigenvalue weighted by Crippen LogP contribution is 2.62. The summed E-state index contributed by atoms with van der Waals surface area (Å²) in [6.07, 6.45) is 10.2. The Balaban J connectivity index is 0.00000134. The Hall–Kier alpha value is -2.56. The Kier molecular flexibility index (Phi) is 10.5. The van der Waals surface area contributed by atoms with Crippen molar-refractivity contribution in [2.75, 3.05) is 0 Å². The first-order valence-electron chi connectivity index (χ1n) is 15.0. The van der Waals surface area contributed by atoms with E-state index in [4.69, 9.17) is 0 Å². The van der Waals surface area contributed by atoms with Crippen LogP contribution < -0.4 is 0 Å². The van der Waals surface area contributed by atoms with Crippen LogP contribution in [0.25, 0.3) is 0 Å². The van der Waals surface area contributed by atoms with E-state index in [0.717, 1.165) is 42.5 Å². The van der Waals surface area contributed by atoms with E-state index in [1.54, 1.807) is 11.0 Å². The Morgan fingerprint density at radius 1 is 1.05 bits per heavy atom. The van der Waals surface area contributed by atoms with Gasteiger partial charge in [0.1, 0.15) is 17.1 Å². The molecule has 0 bridgehead atoms. The fourth-order valence-corrected chi connectivity index (χ4v) is 6.57. The molecule has 216 valence electrons. The smallest absolute Gasteiger partial charge is 0.224 e. The van der Waals surface area contributed by atoms with Gasteiger partial charge in [0.15, 0.2) is 5.78 Å². The number of carbonyl (C=O) groups is 3. The number of Topliss-reactive ketones (excluding diaryl/α,β-unsaturated/α-hetero) is 2. The minimum atomic E-state index is -0.940. The van der Waals surface area contributed by atoms with Gasteiger partial charge in [-0.15, -0.1) is 0 Å². The summed E-state index contributed by atoms with van der Waals surface area (Å²) in [4.78, 5) is 41.8. The van der Waals surface area contributed by atoms with Crippen molar-refractivity contribution in [3.8, 4) is 0 Å². The molecular formula is C34H50FNO3. The van der Waals surface area contributed by atoms with Crippen LogP contribution in [0.1, 0.15) is 124 Å². The fourth-order valence-electron chi connectivity index (χ4n) is 6.57. The third-order valence-corrected chi connectivity index (χ3v) is 8.61. The molecule has 2 atom stereocenters. The Bertz CT molecular complexity index is 1120. The molecule has 1 aromatic rings. The van der Waals surface area contributed by atoms with Gasteiger partial charge < -0.3 is 4.90 Å². The lowest BCUT2D eigenvalue weighted by Crippen LogP contribution is -2.57. The van der Waals surface area contributed by atoms with Crippen LogP contribution in [0.5, 0.6) is 0 Å². The molecule has 2 fully saturated rings. The SMILES string of the molecule is CC(=O)N(C1=CC=C(F)CC2(C)CC12)C1(C(=O)CCC(=O)Cc2ccccc2C(C)C)CCCCC1.CCC.[HH]. The highest BCUT2D eigenvalue weighted by Gasteiger charge is 2.57. The van der Waals surface area contributed by atoms with Crippen LogP contribution in [0, 0.1) is 11.3 Å². The predicted molar refractivity (Wildman–Crippen MR) is 158 cm³/mol. The van der Waals surface area contributed by atoms with Crippen LogP contribution in [-0.4, -0.2) is 27.9 Å². The summed E-state index contributed by atoms with van der Waals surface area (Å²) in [6.45, 7) is 12.1. The number of carbonyl (C=O) groups excluding carboxylic acids is 3. The van der Waals surface area contributed by atoms with E-state index in [0.29, 0.717) is 31.6 Å². The van der Waals surface area contributed by atoms with Gasteiger partial charge in [-0.2, -0.15) is 0 Å². The van der Waals surface area contributed by atoms with Gasteiger partial charge in [-0.25, -0.2) is 4.39 Å². The van der Waals surface area contributed by atoms with E-state index < -0.39 is 5.54 Å². The first kappa shape index (κ1) is 31.0. The number of hydrogen-bond acceptors (Lipinski definition) is 3. The van der Waals surface area contributed by atoms with E-state index in [-0.39, 0.29) is 48.9 Å². The summed E-state index contributed by atoms with van der Waals surface area (Å²) in [5.74, 6) is 0.0790. The van der Waals surface area contributed by atoms with E-state index >= 15 is 0 Å². The minimum Gasteiger partial charge on any atom is -0.303 e. The second kappa shape index (κ2) is 13.2. The van der Waals surface area contributed by atoms with E-state index in [1.807, 2.05) is 18.2 Å². The first-order valence-corrected chi connectivity index (χ1v) is 15.0. The second-order valence-corrected chi connectivity index (χ2v) is 12.4. The van der Waals surface area contributed by atoms with Crippen LogP contribution in [0.15, 0.2) is 47.9 Å². The van der Waals surface area contributed by atoms with Gasteiger partial charge >= 0.3 is 0 Å². The van der Waals surface area contributed by atoms with E-state index in [9.17, 15) is 18.8 Å². The monoisotopic (exact) mass is 539 g/mol. The number of allylic oxidation sites excluding steroid dienone is 4. The number of nitrogens with zero attached hydrogens (tertiary/aromatic N) is 1. The number of rotatable bonds is 9. The lowest BCUT2D eigenvalue weighted by molar-refractivity contribution is -0.145. The van der Waals surface area contributed by atoms with Crippen molar-refractivity contribution in [3.63, 3.8) is 0 Å². The first-order chi connectivity index (χ1) is 18.5. The van der Waals surface area contributed by atoms with Crippen molar-refractivity contribution in [2.24, 2.45) is 11.3 Å². The van der Waals surface area contributed by atoms with Crippen molar-refractivity contribution in [1.29, 1.82) is 0 Å². The number of halogens is 1. The number of fused-ring (bicyclic) bond motifs is 1. The molecule has 0 spiro atoms. The standard InChI is InChI=1S/C31H40FNO3.C3H8.H2/c1-21(2)26-11-7-6-10-23(26)18-25(35)13-15-29(36)31(16-8-5-9-17-31)33(22(3)34)28-14-12-24(32)19-30(4)20-27(28)30;1-3-2;/h6-7,10-12,14,21,27H,5,8-9,13,15-20H2,1-4H3;3H2,1-2H3;1H. The molecule has 4 nitrogen and oxygen atoms in total. The van der Waals surface area contributed by atoms with Crippen molar-refractivity contribution in [1.82, 2.24) is 4.90 Å². The molecule has 39 heavy (non-hydrogen) atoms. The summed E-state index contributed by atoms with van der Waals surface area (Å²) in [6, 6.07) is 7.99. The highest BCUT2D eigenvalue weighted by molar-refractivity contribution is 5.96. The van der Waals surface area contributed by atoms with Crippen molar-refractivity contribution < 1.29 is 20.2 Å². The number of ketones is 2. The van der Waals surface area contributed by atoms with Gasteiger partial charge in [0.2, 0.25) is 5.91 Å². The summed E-state index contributed by atoms with van der Waals surface area (Å²) in [5.41, 5.74) is 1.83. The summed E-state index contributed by atoms with van der Waals surface area (Å²) in [5, 5.41) is 0.